The molecule has 1 N–H and O–H groups in total. The first-order valence-corrected chi connectivity index (χ1v) is 11.9. The van der Waals surface area contributed by atoms with Gasteiger partial charge in [0.15, 0.2) is 17.3 Å². The second-order valence-corrected chi connectivity index (χ2v) is 9.43. The standard InChI is InChI=1S/C28H19NO9/c1-35-20-10-19-17(9-18(20)30)23(31)22-25(33)21-14(24(32)26(22)38-19)4-3-12-7-13-11-28(36-2)29(5-6-37-28)27(34)16(13)8-15(12)21/h3-4,7-10,30H,5-6,11H2,1-2H3/t28-/m0/s1. The molecular formula is C28H19NO9. The third-order valence-corrected chi connectivity index (χ3v) is 7.60. The number of phenols is 1. The van der Waals surface area contributed by atoms with E-state index in [-0.39, 0.29) is 45.3 Å². The summed E-state index contributed by atoms with van der Waals surface area (Å²) in [5, 5.41) is 11.1. The smallest absolute Gasteiger partial charge is 0.258 e. The van der Waals surface area contributed by atoms with Gasteiger partial charge in [-0.25, -0.2) is 0 Å². The number of aromatic hydroxyl groups is 1. The highest BCUT2D eigenvalue weighted by Gasteiger charge is 2.50. The van der Waals surface area contributed by atoms with Crippen molar-refractivity contribution in [3.05, 3.63) is 80.2 Å². The zero-order valence-corrected chi connectivity index (χ0v) is 20.2. The number of hydrogen-bond acceptors (Lipinski definition) is 9. The number of carbonyl (C=O) groups is 3. The Labute approximate surface area is 213 Å². The summed E-state index contributed by atoms with van der Waals surface area (Å²) in [7, 11) is 2.82. The van der Waals surface area contributed by atoms with E-state index in [1.165, 1.54) is 31.3 Å². The highest BCUT2D eigenvalue weighted by molar-refractivity contribution is 6.32. The predicted molar refractivity (Wildman–Crippen MR) is 132 cm³/mol. The second-order valence-electron chi connectivity index (χ2n) is 9.43. The SMILES string of the molecule is COc1cc2oc3c(c(=O)c2cc1O)C(=O)c1c(ccc2cc4c(cc12)C(=O)N1CCO[C@@]1(OC)C4)C3=O. The lowest BCUT2D eigenvalue weighted by Crippen LogP contribution is -2.54. The molecular weight excluding hydrogens is 494 g/mol. The van der Waals surface area contributed by atoms with E-state index in [0.29, 0.717) is 41.5 Å². The van der Waals surface area contributed by atoms with Crippen LogP contribution in [0.4, 0.5) is 0 Å². The lowest BCUT2D eigenvalue weighted by atomic mass is 9.82. The molecule has 1 fully saturated rings. The molecule has 3 heterocycles. The summed E-state index contributed by atoms with van der Waals surface area (Å²) >= 11 is 0. The van der Waals surface area contributed by atoms with Crippen molar-refractivity contribution in [1.29, 1.82) is 0 Å². The highest BCUT2D eigenvalue weighted by atomic mass is 16.7. The summed E-state index contributed by atoms with van der Waals surface area (Å²) in [6.07, 6.45) is 0.301. The van der Waals surface area contributed by atoms with Crippen LogP contribution in [0, 0.1) is 0 Å². The Kier molecular flexibility index (Phi) is 4.47. The molecule has 1 atom stereocenters. The van der Waals surface area contributed by atoms with Gasteiger partial charge in [-0.05, 0) is 34.5 Å². The van der Waals surface area contributed by atoms with E-state index in [2.05, 4.69) is 0 Å². The van der Waals surface area contributed by atoms with Crippen LogP contribution in [0.15, 0.2) is 45.6 Å². The zero-order valence-electron chi connectivity index (χ0n) is 20.2. The van der Waals surface area contributed by atoms with E-state index in [1.54, 1.807) is 18.2 Å². The minimum atomic E-state index is -1.18. The van der Waals surface area contributed by atoms with Crippen LogP contribution >= 0.6 is 0 Å². The number of methoxy groups -OCH3 is 2. The van der Waals surface area contributed by atoms with Gasteiger partial charge in [0.1, 0.15) is 11.1 Å². The van der Waals surface area contributed by atoms with E-state index >= 15 is 0 Å². The summed E-state index contributed by atoms with van der Waals surface area (Å²) in [6, 6.07) is 9.02. The van der Waals surface area contributed by atoms with Crippen molar-refractivity contribution in [1.82, 2.24) is 4.90 Å². The zero-order chi connectivity index (χ0) is 26.5. The maximum Gasteiger partial charge on any atom is 0.258 e. The molecule has 2 aliphatic heterocycles. The minimum absolute atomic E-state index is 0.00270. The van der Waals surface area contributed by atoms with Crippen molar-refractivity contribution < 1.29 is 38.1 Å². The number of carbonyl (C=O) groups excluding carboxylic acids is 3. The topological polar surface area (TPSA) is 133 Å². The fourth-order valence-corrected chi connectivity index (χ4v) is 5.76. The average molecular weight is 513 g/mol. The summed E-state index contributed by atoms with van der Waals surface area (Å²) in [4.78, 5) is 55.7. The Hall–Kier alpha value is -4.54. The summed E-state index contributed by atoms with van der Waals surface area (Å²) in [5.74, 6) is -3.43. The number of fused-ring (bicyclic) bond motifs is 7. The molecule has 38 heavy (non-hydrogen) atoms. The minimum Gasteiger partial charge on any atom is -0.504 e. The number of ketones is 2. The molecule has 1 aliphatic carbocycles. The molecule has 7 rings (SSSR count). The van der Waals surface area contributed by atoms with Gasteiger partial charge in [0.2, 0.25) is 17.0 Å². The lowest BCUT2D eigenvalue weighted by Gasteiger charge is -2.39. The Balaban J connectivity index is 1.46. The number of benzene rings is 3. The van der Waals surface area contributed by atoms with E-state index in [9.17, 15) is 24.3 Å². The van der Waals surface area contributed by atoms with Gasteiger partial charge < -0.3 is 23.7 Å². The molecule has 0 unspecified atom stereocenters. The molecule has 10 heteroatoms. The molecule has 1 amide bonds. The predicted octanol–water partition coefficient (Wildman–Crippen LogP) is 2.76. The van der Waals surface area contributed by atoms with E-state index in [0.717, 1.165) is 6.07 Å². The Morgan fingerprint density at radius 2 is 1.76 bits per heavy atom. The molecule has 0 spiro atoms. The molecule has 10 nitrogen and oxygen atoms in total. The summed E-state index contributed by atoms with van der Waals surface area (Å²) in [6.45, 7) is 0.686. The van der Waals surface area contributed by atoms with Gasteiger partial charge in [0.25, 0.3) is 11.8 Å². The number of phenolic OH excluding ortho intramolecular Hbond substituents is 1. The van der Waals surface area contributed by atoms with E-state index in [1.807, 2.05) is 0 Å². The lowest BCUT2D eigenvalue weighted by molar-refractivity contribution is -0.249. The first-order chi connectivity index (χ1) is 18.3. The first-order valence-electron chi connectivity index (χ1n) is 11.9. The van der Waals surface area contributed by atoms with Crippen LogP contribution in [0.3, 0.4) is 0 Å². The molecule has 0 saturated carbocycles. The van der Waals surface area contributed by atoms with Crippen LogP contribution in [0.2, 0.25) is 0 Å². The molecule has 190 valence electrons. The third kappa shape index (κ3) is 2.73. The van der Waals surface area contributed by atoms with Crippen LogP contribution in [-0.2, 0) is 15.9 Å². The van der Waals surface area contributed by atoms with E-state index < -0.39 is 28.5 Å². The number of hydrogen-bond donors (Lipinski definition) is 1. The van der Waals surface area contributed by atoms with Gasteiger partial charge in [-0.2, -0.15) is 0 Å². The molecule has 3 aliphatic rings. The number of nitrogens with zero attached hydrogens (tertiary/aromatic N) is 1. The van der Waals surface area contributed by atoms with Gasteiger partial charge >= 0.3 is 0 Å². The van der Waals surface area contributed by atoms with Gasteiger partial charge in [0, 0.05) is 42.8 Å². The van der Waals surface area contributed by atoms with Crippen molar-refractivity contribution in [3.63, 3.8) is 0 Å². The van der Waals surface area contributed by atoms with Gasteiger partial charge in [-0.15, -0.1) is 0 Å². The van der Waals surface area contributed by atoms with Crippen LogP contribution < -0.4 is 10.2 Å². The quantitative estimate of drug-likeness (QED) is 0.378. The van der Waals surface area contributed by atoms with Crippen LogP contribution in [0.1, 0.15) is 48.0 Å². The van der Waals surface area contributed by atoms with Gasteiger partial charge in [-0.3, -0.25) is 24.1 Å². The summed E-state index contributed by atoms with van der Waals surface area (Å²) < 4.78 is 22.2. The van der Waals surface area contributed by atoms with Crippen molar-refractivity contribution in [2.75, 3.05) is 27.4 Å². The average Bonchev–Trinajstić information content (AvgIpc) is 3.35. The molecule has 1 aromatic heterocycles. The number of rotatable bonds is 2. The normalized spacial score (nSPS) is 19.9. The Morgan fingerprint density at radius 3 is 2.53 bits per heavy atom. The first kappa shape index (κ1) is 22.6. The van der Waals surface area contributed by atoms with Crippen LogP contribution in [0.25, 0.3) is 21.7 Å². The highest BCUT2D eigenvalue weighted by Crippen LogP contribution is 2.40. The molecule has 4 aromatic rings. The Bertz CT molecular complexity index is 1850. The molecule has 0 radical (unpaired) electrons. The van der Waals surface area contributed by atoms with E-state index in [4.69, 9.17) is 18.6 Å². The fourth-order valence-electron chi connectivity index (χ4n) is 5.76. The van der Waals surface area contributed by atoms with Crippen molar-refractivity contribution >= 4 is 39.2 Å². The molecule has 1 saturated heterocycles. The fraction of sp³-hybridized carbons (Fsp3) is 0.214. The second kappa shape index (κ2) is 7.50. The van der Waals surface area contributed by atoms with Gasteiger partial charge in [0.05, 0.1) is 19.1 Å². The largest absolute Gasteiger partial charge is 0.504 e. The Morgan fingerprint density at radius 1 is 0.947 bits per heavy atom. The maximum atomic E-state index is 13.8. The van der Waals surface area contributed by atoms with Crippen molar-refractivity contribution in [2.45, 2.75) is 12.3 Å². The molecule has 3 aromatic carbocycles. The number of ether oxygens (including phenoxy) is 3. The van der Waals surface area contributed by atoms with Crippen LogP contribution in [0.5, 0.6) is 11.5 Å². The molecule has 0 bridgehead atoms. The monoisotopic (exact) mass is 513 g/mol. The van der Waals surface area contributed by atoms with Crippen molar-refractivity contribution in [3.8, 4) is 11.5 Å². The summed E-state index contributed by atoms with van der Waals surface area (Å²) in [5.41, 5.74) is 0.00665. The van der Waals surface area contributed by atoms with Crippen molar-refractivity contribution in [2.24, 2.45) is 0 Å². The van der Waals surface area contributed by atoms with Gasteiger partial charge in [-0.1, -0.05) is 12.1 Å². The number of amides is 1. The van der Waals surface area contributed by atoms with Crippen LogP contribution in [-0.4, -0.2) is 60.8 Å². The third-order valence-electron chi connectivity index (χ3n) is 7.60. The maximum absolute atomic E-state index is 13.8.